The van der Waals surface area contributed by atoms with Gasteiger partial charge < -0.3 is 10.8 Å². The van der Waals surface area contributed by atoms with E-state index in [1.165, 1.54) is 11.1 Å². The van der Waals surface area contributed by atoms with Crippen molar-refractivity contribution in [2.24, 2.45) is 5.73 Å². The number of benzene rings is 1. The predicted octanol–water partition coefficient (Wildman–Crippen LogP) is 2.76. The monoisotopic (exact) mass is 201 g/mol. The van der Waals surface area contributed by atoms with Crippen LogP contribution in [0.15, 0.2) is 42.2 Å². The van der Waals surface area contributed by atoms with E-state index < -0.39 is 0 Å². The molecule has 0 heterocycles. The van der Waals surface area contributed by atoms with Crippen molar-refractivity contribution in [2.75, 3.05) is 0 Å². The summed E-state index contributed by atoms with van der Waals surface area (Å²) in [5.41, 5.74) is 9.22. The number of rotatable bonds is 2. The van der Waals surface area contributed by atoms with E-state index in [0.717, 1.165) is 18.4 Å². The predicted molar refractivity (Wildman–Crippen MR) is 62.3 cm³/mol. The van der Waals surface area contributed by atoms with Crippen LogP contribution in [0.3, 0.4) is 0 Å². The van der Waals surface area contributed by atoms with E-state index in [-0.39, 0.29) is 0 Å². The molecule has 78 valence electrons. The van der Waals surface area contributed by atoms with Crippen molar-refractivity contribution in [1.29, 1.82) is 0 Å². The highest BCUT2D eigenvalue weighted by molar-refractivity contribution is 5.68. The molecule has 1 aliphatic rings. The smallest absolute Gasteiger partial charge is 0.0926 e. The number of aliphatic hydroxyl groups is 1. The molecule has 0 unspecified atom stereocenters. The van der Waals surface area contributed by atoms with E-state index in [0.29, 0.717) is 12.3 Å². The van der Waals surface area contributed by atoms with E-state index >= 15 is 0 Å². The molecule has 15 heavy (non-hydrogen) atoms. The number of allylic oxidation sites excluding steroid dienone is 4. The van der Waals surface area contributed by atoms with Crippen LogP contribution < -0.4 is 5.73 Å². The lowest BCUT2D eigenvalue weighted by Crippen LogP contribution is -1.98. The molecular formula is C13H15NO. The van der Waals surface area contributed by atoms with Crippen molar-refractivity contribution in [2.45, 2.75) is 19.4 Å². The fourth-order valence-electron chi connectivity index (χ4n) is 1.76. The van der Waals surface area contributed by atoms with Crippen LogP contribution in [0.2, 0.25) is 0 Å². The third-order valence-electron chi connectivity index (χ3n) is 2.66. The Bertz CT molecular complexity index is 418. The van der Waals surface area contributed by atoms with Crippen LogP contribution in [-0.4, -0.2) is 5.11 Å². The second kappa shape index (κ2) is 4.32. The lowest BCUT2D eigenvalue weighted by atomic mass is 9.95. The van der Waals surface area contributed by atoms with Crippen LogP contribution in [0.1, 0.15) is 24.0 Å². The zero-order chi connectivity index (χ0) is 10.7. The highest BCUT2D eigenvalue weighted by atomic mass is 16.3. The molecule has 0 aliphatic heterocycles. The van der Waals surface area contributed by atoms with Gasteiger partial charge in [0.1, 0.15) is 0 Å². The molecule has 0 amide bonds. The summed E-state index contributed by atoms with van der Waals surface area (Å²) >= 11 is 0. The zero-order valence-electron chi connectivity index (χ0n) is 8.61. The molecule has 0 saturated carbocycles. The third-order valence-corrected chi connectivity index (χ3v) is 2.66. The van der Waals surface area contributed by atoms with Gasteiger partial charge in [-0.25, -0.2) is 0 Å². The Balaban J connectivity index is 2.30. The lowest BCUT2D eigenvalue weighted by Gasteiger charge is -2.12. The summed E-state index contributed by atoms with van der Waals surface area (Å²) in [6.07, 6.45) is 5.39. The van der Waals surface area contributed by atoms with Crippen LogP contribution in [0.4, 0.5) is 0 Å². The molecule has 0 spiro atoms. The van der Waals surface area contributed by atoms with Gasteiger partial charge >= 0.3 is 0 Å². The third kappa shape index (κ3) is 2.28. The van der Waals surface area contributed by atoms with Gasteiger partial charge in [-0.1, -0.05) is 30.3 Å². The highest BCUT2D eigenvalue weighted by Gasteiger charge is 2.07. The van der Waals surface area contributed by atoms with Crippen LogP contribution in [0.5, 0.6) is 0 Å². The standard InChI is InChI=1S/C13H15NO/c14-9-10-2-1-3-12(8-10)11-4-6-13(15)7-5-11/h1-4,6,8,15H,5,7,9,14H2. The van der Waals surface area contributed by atoms with E-state index in [2.05, 4.69) is 12.1 Å². The minimum atomic E-state index is 0.466. The Hall–Kier alpha value is -1.54. The van der Waals surface area contributed by atoms with Crippen LogP contribution >= 0.6 is 0 Å². The summed E-state index contributed by atoms with van der Waals surface area (Å²) in [4.78, 5) is 0. The molecule has 1 aromatic carbocycles. The Morgan fingerprint density at radius 2 is 2.07 bits per heavy atom. The Kier molecular flexibility index (Phi) is 2.88. The summed E-state index contributed by atoms with van der Waals surface area (Å²) in [5.74, 6) is 0.466. The van der Waals surface area contributed by atoms with Crippen molar-refractivity contribution >= 4 is 5.57 Å². The average Bonchev–Trinajstić information content (AvgIpc) is 2.30. The molecular weight excluding hydrogens is 186 g/mol. The van der Waals surface area contributed by atoms with E-state index in [4.69, 9.17) is 5.73 Å². The molecule has 2 heteroatoms. The first kappa shape index (κ1) is 9.99. The molecule has 2 rings (SSSR count). The Morgan fingerprint density at radius 1 is 1.20 bits per heavy atom. The minimum Gasteiger partial charge on any atom is -0.512 e. The molecule has 1 aliphatic carbocycles. The van der Waals surface area contributed by atoms with Crippen LogP contribution in [0.25, 0.3) is 5.57 Å². The van der Waals surface area contributed by atoms with Gasteiger partial charge in [-0.05, 0) is 29.2 Å². The molecule has 1 aromatic rings. The second-order valence-corrected chi connectivity index (χ2v) is 3.75. The molecule has 0 radical (unpaired) electrons. The molecule has 3 N–H and O–H groups in total. The van der Waals surface area contributed by atoms with Gasteiger partial charge in [0.25, 0.3) is 0 Å². The summed E-state index contributed by atoms with van der Waals surface area (Å²) in [7, 11) is 0. The lowest BCUT2D eigenvalue weighted by molar-refractivity contribution is 0.388. The Labute approximate surface area is 89.7 Å². The van der Waals surface area contributed by atoms with Crippen molar-refractivity contribution < 1.29 is 5.11 Å². The van der Waals surface area contributed by atoms with Gasteiger partial charge in [-0.3, -0.25) is 0 Å². The number of nitrogens with two attached hydrogens (primary N) is 1. The second-order valence-electron chi connectivity index (χ2n) is 3.75. The quantitative estimate of drug-likeness (QED) is 0.772. The molecule has 0 bridgehead atoms. The average molecular weight is 201 g/mol. The highest BCUT2D eigenvalue weighted by Crippen LogP contribution is 2.26. The normalized spacial score (nSPS) is 15.8. The molecule has 0 atom stereocenters. The number of hydrogen-bond acceptors (Lipinski definition) is 2. The fraction of sp³-hybridized carbons (Fsp3) is 0.231. The number of hydrogen-bond donors (Lipinski definition) is 2. The summed E-state index contributed by atoms with van der Waals surface area (Å²) in [5, 5.41) is 9.27. The summed E-state index contributed by atoms with van der Waals surface area (Å²) in [6.45, 7) is 0.572. The first-order chi connectivity index (χ1) is 7.29. The van der Waals surface area contributed by atoms with Crippen LogP contribution in [-0.2, 0) is 6.54 Å². The van der Waals surface area contributed by atoms with Gasteiger partial charge in [0.15, 0.2) is 0 Å². The van der Waals surface area contributed by atoms with Gasteiger partial charge in [-0.2, -0.15) is 0 Å². The first-order valence-electron chi connectivity index (χ1n) is 5.17. The SMILES string of the molecule is NCc1cccc(C2=CC=C(O)CC2)c1. The summed E-state index contributed by atoms with van der Waals surface area (Å²) < 4.78 is 0. The molecule has 2 nitrogen and oxygen atoms in total. The van der Waals surface area contributed by atoms with Gasteiger partial charge in [0.2, 0.25) is 0 Å². The van der Waals surface area contributed by atoms with E-state index in [9.17, 15) is 5.11 Å². The van der Waals surface area contributed by atoms with Gasteiger partial charge in [0.05, 0.1) is 5.76 Å². The maximum absolute atomic E-state index is 9.27. The minimum absolute atomic E-state index is 0.466. The van der Waals surface area contributed by atoms with E-state index in [1.54, 1.807) is 6.08 Å². The maximum Gasteiger partial charge on any atom is 0.0926 e. The zero-order valence-corrected chi connectivity index (χ0v) is 8.61. The maximum atomic E-state index is 9.27. The largest absolute Gasteiger partial charge is 0.512 e. The van der Waals surface area contributed by atoms with Crippen LogP contribution in [0, 0.1) is 0 Å². The van der Waals surface area contributed by atoms with E-state index in [1.807, 2.05) is 18.2 Å². The topological polar surface area (TPSA) is 46.2 Å². The molecule has 0 fully saturated rings. The van der Waals surface area contributed by atoms with Crippen molar-refractivity contribution in [3.8, 4) is 0 Å². The molecule has 0 aromatic heterocycles. The summed E-state index contributed by atoms with van der Waals surface area (Å²) in [6, 6.07) is 8.25. The fourth-order valence-corrected chi connectivity index (χ4v) is 1.76. The van der Waals surface area contributed by atoms with Crippen molar-refractivity contribution in [3.05, 3.63) is 53.3 Å². The Morgan fingerprint density at radius 3 is 2.73 bits per heavy atom. The van der Waals surface area contributed by atoms with Crippen molar-refractivity contribution in [3.63, 3.8) is 0 Å². The van der Waals surface area contributed by atoms with Gasteiger partial charge in [0, 0.05) is 13.0 Å². The van der Waals surface area contributed by atoms with Gasteiger partial charge in [-0.15, -0.1) is 0 Å². The first-order valence-corrected chi connectivity index (χ1v) is 5.17. The number of aliphatic hydroxyl groups excluding tert-OH is 1. The van der Waals surface area contributed by atoms with Crippen molar-refractivity contribution in [1.82, 2.24) is 0 Å². The molecule has 0 saturated heterocycles.